The number of anilines is 1. The molecule has 0 saturated heterocycles. The lowest BCUT2D eigenvalue weighted by Crippen LogP contribution is -2.17. The summed E-state index contributed by atoms with van der Waals surface area (Å²) < 4.78 is 22.1. The third kappa shape index (κ3) is 6.57. The molecular weight excluding hydrogens is 439 g/mol. The van der Waals surface area contributed by atoms with Crippen molar-refractivity contribution < 1.29 is 13.9 Å². The Balaban J connectivity index is 1.74. The van der Waals surface area contributed by atoms with Crippen LogP contribution < -0.4 is 10.1 Å². The van der Waals surface area contributed by atoms with E-state index in [-0.39, 0.29) is 23.5 Å². The number of thioether (sulfide) groups is 1. The van der Waals surface area contributed by atoms with Gasteiger partial charge in [0.05, 0.1) is 11.4 Å². The Hall–Kier alpha value is -2.87. The summed E-state index contributed by atoms with van der Waals surface area (Å²) in [6.07, 6.45) is -0.322. The number of hydrogen-bond acceptors (Lipinski definition) is 5. The molecule has 1 atom stereocenters. The molecule has 0 aliphatic heterocycles. The summed E-state index contributed by atoms with van der Waals surface area (Å²) in [5, 5.41) is 12.0. The number of carbonyl (C=O) groups is 1. The molecule has 1 heterocycles. The maximum absolute atomic E-state index is 13.8. The predicted octanol–water partition coefficient (Wildman–Crippen LogP) is 6.07. The first-order valence-corrected chi connectivity index (χ1v) is 12.1. The van der Waals surface area contributed by atoms with Gasteiger partial charge in [-0.3, -0.25) is 4.79 Å². The van der Waals surface area contributed by atoms with Crippen LogP contribution in [0.2, 0.25) is 0 Å². The molecule has 0 aliphatic carbocycles. The van der Waals surface area contributed by atoms with Crippen molar-refractivity contribution in [1.29, 1.82) is 0 Å². The van der Waals surface area contributed by atoms with Gasteiger partial charge in [0.25, 0.3) is 0 Å². The molecule has 3 rings (SSSR count). The van der Waals surface area contributed by atoms with Crippen molar-refractivity contribution in [2.75, 3.05) is 11.1 Å². The summed E-state index contributed by atoms with van der Waals surface area (Å²) in [6.45, 7) is 11.1. The second kappa shape index (κ2) is 11.3. The van der Waals surface area contributed by atoms with E-state index in [1.54, 1.807) is 12.1 Å². The SMILES string of the molecule is CC(C)Cn1c(SCC(=O)Nc2ccccc2F)nnc1C(C)Oc1ccccc1C(C)C. The minimum atomic E-state index is -0.464. The van der Waals surface area contributed by atoms with Crippen molar-refractivity contribution in [2.24, 2.45) is 5.92 Å². The Morgan fingerprint density at radius 3 is 2.45 bits per heavy atom. The minimum absolute atomic E-state index is 0.0932. The van der Waals surface area contributed by atoms with Crippen LogP contribution >= 0.6 is 11.8 Å². The number of carbonyl (C=O) groups excluding carboxylic acids is 1. The third-order valence-corrected chi connectivity index (χ3v) is 5.95. The Bertz CT molecular complexity index is 1080. The van der Waals surface area contributed by atoms with E-state index in [9.17, 15) is 9.18 Å². The predicted molar refractivity (Wildman–Crippen MR) is 130 cm³/mol. The lowest BCUT2D eigenvalue weighted by atomic mass is 10.0. The summed E-state index contributed by atoms with van der Waals surface area (Å²) >= 11 is 1.27. The summed E-state index contributed by atoms with van der Waals surface area (Å²) in [5.74, 6) is 1.55. The number of nitrogens with zero attached hydrogens (tertiary/aromatic N) is 3. The number of aromatic nitrogens is 3. The molecule has 0 fully saturated rings. The van der Waals surface area contributed by atoms with E-state index in [4.69, 9.17) is 4.74 Å². The second-order valence-electron chi connectivity index (χ2n) is 8.61. The Morgan fingerprint density at radius 2 is 1.76 bits per heavy atom. The first-order valence-electron chi connectivity index (χ1n) is 11.1. The molecule has 1 N–H and O–H groups in total. The zero-order valence-electron chi connectivity index (χ0n) is 19.7. The molecule has 1 amide bonds. The summed E-state index contributed by atoms with van der Waals surface area (Å²) in [5.41, 5.74) is 1.30. The molecule has 1 aromatic heterocycles. The molecule has 0 aliphatic rings. The Morgan fingerprint density at radius 1 is 1.06 bits per heavy atom. The molecule has 3 aromatic rings. The highest BCUT2D eigenvalue weighted by Gasteiger charge is 2.22. The number of nitrogens with one attached hydrogen (secondary N) is 1. The van der Waals surface area contributed by atoms with Crippen molar-refractivity contribution in [3.63, 3.8) is 0 Å². The molecule has 0 radical (unpaired) electrons. The molecule has 6 nitrogen and oxygen atoms in total. The van der Waals surface area contributed by atoms with E-state index < -0.39 is 5.82 Å². The largest absolute Gasteiger partial charge is 0.482 e. The number of amides is 1. The van der Waals surface area contributed by atoms with E-state index in [2.05, 4.69) is 49.3 Å². The van der Waals surface area contributed by atoms with Crippen molar-refractivity contribution in [3.05, 3.63) is 65.7 Å². The summed E-state index contributed by atoms with van der Waals surface area (Å²) in [6, 6.07) is 14.1. The van der Waals surface area contributed by atoms with E-state index in [0.29, 0.717) is 29.4 Å². The average Bonchev–Trinajstić information content (AvgIpc) is 3.16. The van der Waals surface area contributed by atoms with Crippen LogP contribution in [0.1, 0.15) is 58.0 Å². The molecule has 0 saturated carbocycles. The molecule has 2 aromatic carbocycles. The number of ether oxygens (including phenoxy) is 1. The number of benzene rings is 2. The maximum Gasteiger partial charge on any atom is 0.234 e. The van der Waals surface area contributed by atoms with E-state index in [0.717, 1.165) is 11.3 Å². The summed E-state index contributed by atoms with van der Waals surface area (Å²) in [7, 11) is 0. The Labute approximate surface area is 199 Å². The van der Waals surface area contributed by atoms with Crippen LogP contribution in [0.3, 0.4) is 0 Å². The van der Waals surface area contributed by atoms with Crippen LogP contribution in [0.15, 0.2) is 53.7 Å². The summed E-state index contributed by atoms with van der Waals surface area (Å²) in [4.78, 5) is 12.4. The molecule has 0 spiro atoms. The van der Waals surface area contributed by atoms with Crippen LogP contribution in [0, 0.1) is 11.7 Å². The third-order valence-electron chi connectivity index (χ3n) is 4.98. The average molecular weight is 471 g/mol. The lowest BCUT2D eigenvalue weighted by Gasteiger charge is -2.20. The van der Waals surface area contributed by atoms with Gasteiger partial charge < -0.3 is 14.6 Å². The standard InChI is InChI=1S/C25H31FN4O2S/c1-16(2)14-30-24(18(5)32-22-13-9-6-10-19(22)17(3)4)28-29-25(30)33-15-23(31)27-21-12-8-7-11-20(21)26/h6-13,16-18H,14-15H2,1-5H3,(H,27,31). The van der Waals surface area contributed by atoms with Crippen LogP contribution in [0.25, 0.3) is 0 Å². The number of rotatable bonds is 10. The first-order chi connectivity index (χ1) is 15.8. The van der Waals surface area contributed by atoms with Crippen molar-refractivity contribution in [1.82, 2.24) is 14.8 Å². The molecule has 8 heteroatoms. The van der Waals surface area contributed by atoms with E-state index in [1.807, 2.05) is 29.7 Å². The normalized spacial score (nSPS) is 12.2. The van der Waals surface area contributed by atoms with Crippen LogP contribution in [0.4, 0.5) is 10.1 Å². The van der Waals surface area contributed by atoms with E-state index >= 15 is 0 Å². The number of hydrogen-bond donors (Lipinski definition) is 1. The molecule has 0 bridgehead atoms. The smallest absolute Gasteiger partial charge is 0.234 e. The van der Waals surface area contributed by atoms with Crippen LogP contribution in [-0.2, 0) is 11.3 Å². The first kappa shape index (κ1) is 24.8. The van der Waals surface area contributed by atoms with Crippen molar-refractivity contribution in [3.8, 4) is 5.75 Å². The minimum Gasteiger partial charge on any atom is -0.482 e. The van der Waals surface area contributed by atoms with Gasteiger partial charge in [0.2, 0.25) is 5.91 Å². The van der Waals surface area contributed by atoms with Gasteiger partial charge >= 0.3 is 0 Å². The topological polar surface area (TPSA) is 69.0 Å². The van der Waals surface area contributed by atoms with Gasteiger partial charge in [-0.2, -0.15) is 0 Å². The maximum atomic E-state index is 13.8. The fraction of sp³-hybridized carbons (Fsp3) is 0.400. The van der Waals surface area contributed by atoms with Gasteiger partial charge in [-0.15, -0.1) is 10.2 Å². The van der Waals surface area contributed by atoms with Gasteiger partial charge in [0.15, 0.2) is 17.1 Å². The van der Waals surface area contributed by atoms with Gasteiger partial charge in [0.1, 0.15) is 11.6 Å². The van der Waals surface area contributed by atoms with Gasteiger partial charge in [-0.05, 0) is 42.5 Å². The van der Waals surface area contributed by atoms with E-state index in [1.165, 1.54) is 23.9 Å². The Kier molecular flexibility index (Phi) is 8.49. The second-order valence-corrected chi connectivity index (χ2v) is 9.56. The fourth-order valence-electron chi connectivity index (χ4n) is 3.43. The van der Waals surface area contributed by atoms with Crippen LogP contribution in [-0.4, -0.2) is 26.4 Å². The zero-order chi connectivity index (χ0) is 24.0. The molecule has 1 unspecified atom stereocenters. The quantitative estimate of drug-likeness (QED) is 0.364. The number of halogens is 1. The van der Waals surface area contributed by atoms with Gasteiger partial charge in [0, 0.05) is 6.54 Å². The number of para-hydroxylation sites is 2. The molecule has 176 valence electrons. The fourth-order valence-corrected chi connectivity index (χ4v) is 4.19. The highest BCUT2D eigenvalue weighted by Crippen LogP contribution is 2.31. The lowest BCUT2D eigenvalue weighted by molar-refractivity contribution is -0.113. The zero-order valence-corrected chi connectivity index (χ0v) is 20.5. The van der Waals surface area contributed by atoms with Crippen molar-refractivity contribution in [2.45, 2.75) is 58.3 Å². The van der Waals surface area contributed by atoms with Crippen molar-refractivity contribution >= 4 is 23.4 Å². The molecular formula is C25H31FN4O2S. The van der Waals surface area contributed by atoms with Gasteiger partial charge in [-0.25, -0.2) is 4.39 Å². The van der Waals surface area contributed by atoms with Gasteiger partial charge in [-0.1, -0.05) is 69.8 Å². The molecule has 33 heavy (non-hydrogen) atoms. The highest BCUT2D eigenvalue weighted by atomic mass is 32.2. The highest BCUT2D eigenvalue weighted by molar-refractivity contribution is 7.99. The van der Waals surface area contributed by atoms with Crippen LogP contribution in [0.5, 0.6) is 5.75 Å². The monoisotopic (exact) mass is 470 g/mol.